The Labute approximate surface area is 192 Å². The number of halogens is 2. The predicted molar refractivity (Wildman–Crippen MR) is 122 cm³/mol. The van der Waals surface area contributed by atoms with E-state index in [0.29, 0.717) is 0 Å². The van der Waals surface area contributed by atoms with Crippen molar-refractivity contribution in [3.63, 3.8) is 0 Å². The first kappa shape index (κ1) is 27.9. The van der Waals surface area contributed by atoms with Gasteiger partial charge in [-0.25, -0.2) is 18.4 Å². The number of para-hydroxylation sites is 2. The van der Waals surface area contributed by atoms with Crippen molar-refractivity contribution in [1.29, 1.82) is 0 Å². The molecule has 0 radical (unpaired) electrons. The van der Waals surface area contributed by atoms with Gasteiger partial charge < -0.3 is 19.5 Å². The number of amides is 2. The molecule has 0 saturated heterocycles. The van der Waals surface area contributed by atoms with Gasteiger partial charge in [0.15, 0.2) is 0 Å². The molecule has 2 aromatic carbocycles. The van der Waals surface area contributed by atoms with E-state index in [4.69, 9.17) is 19.5 Å². The second kappa shape index (κ2) is 11.6. The van der Waals surface area contributed by atoms with Crippen LogP contribution in [0.4, 0.5) is 29.7 Å². The lowest BCUT2D eigenvalue weighted by molar-refractivity contribution is 0.0624. The first-order valence-electron chi connectivity index (χ1n) is 9.98. The van der Waals surface area contributed by atoms with E-state index in [1.165, 1.54) is 24.3 Å². The van der Waals surface area contributed by atoms with Crippen molar-refractivity contribution in [3.05, 3.63) is 54.1 Å². The Bertz CT molecular complexity index is 959. The molecule has 0 aliphatic heterocycles. The lowest BCUT2D eigenvalue weighted by Crippen LogP contribution is -2.35. The molecule has 8 nitrogen and oxygen atoms in total. The van der Waals surface area contributed by atoms with Crippen LogP contribution in [0.5, 0.6) is 0 Å². The molecule has 0 atom stereocenters. The Morgan fingerprint density at radius 3 is 1.76 bits per heavy atom. The SMILES string of the molecule is CC(C)(C)OC(=O)Nc1c(F)cccc1B(O)O.CC(C)(C)OC(=O)Nc1ccccc1F. The van der Waals surface area contributed by atoms with E-state index in [2.05, 4.69) is 10.6 Å². The van der Waals surface area contributed by atoms with Gasteiger partial charge in [0.25, 0.3) is 0 Å². The van der Waals surface area contributed by atoms with Crippen LogP contribution in [-0.2, 0) is 9.47 Å². The molecule has 2 aromatic rings. The lowest BCUT2D eigenvalue weighted by atomic mass is 9.79. The molecule has 0 aliphatic rings. The zero-order chi connectivity index (χ0) is 25.4. The summed E-state index contributed by atoms with van der Waals surface area (Å²) in [5.74, 6) is -1.25. The second-order valence-corrected chi connectivity index (χ2v) is 8.81. The Kier molecular flexibility index (Phi) is 9.81. The molecule has 33 heavy (non-hydrogen) atoms. The fourth-order valence-corrected chi connectivity index (χ4v) is 2.27. The zero-order valence-electron chi connectivity index (χ0n) is 19.4. The van der Waals surface area contributed by atoms with Gasteiger partial charge in [-0.3, -0.25) is 10.6 Å². The van der Waals surface area contributed by atoms with Crippen molar-refractivity contribution in [1.82, 2.24) is 0 Å². The number of carbonyl (C=O) groups is 2. The molecule has 4 N–H and O–H groups in total. The first-order chi connectivity index (χ1) is 15.1. The normalized spacial score (nSPS) is 11.0. The molecule has 2 amide bonds. The Morgan fingerprint density at radius 1 is 0.788 bits per heavy atom. The fourth-order valence-electron chi connectivity index (χ4n) is 2.27. The van der Waals surface area contributed by atoms with Crippen molar-refractivity contribution in [2.75, 3.05) is 10.6 Å². The molecule has 0 unspecified atom stereocenters. The van der Waals surface area contributed by atoms with Gasteiger partial charge in [-0.15, -0.1) is 0 Å². The lowest BCUT2D eigenvalue weighted by Gasteiger charge is -2.20. The molecule has 0 bridgehead atoms. The Morgan fingerprint density at radius 2 is 1.27 bits per heavy atom. The monoisotopic (exact) mass is 466 g/mol. The number of nitrogens with one attached hydrogen (secondary N) is 2. The highest BCUT2D eigenvalue weighted by Crippen LogP contribution is 2.15. The zero-order valence-corrected chi connectivity index (χ0v) is 19.4. The van der Waals surface area contributed by atoms with Crippen LogP contribution in [0.1, 0.15) is 41.5 Å². The van der Waals surface area contributed by atoms with Crippen molar-refractivity contribution in [2.45, 2.75) is 52.7 Å². The second-order valence-electron chi connectivity index (χ2n) is 8.81. The number of anilines is 2. The standard InChI is InChI=1S/C11H15BFNO4.C11H14FNO2/c1-11(2,3)18-10(15)14-9-7(12(16)17)5-4-6-8(9)13;1-11(2,3)15-10(14)13-9-7-5-4-6-8(9)12/h4-6,16-17H,1-3H3,(H,14,15);4-7H,1-3H3,(H,13,14). The van der Waals surface area contributed by atoms with Gasteiger partial charge in [0.2, 0.25) is 0 Å². The average molecular weight is 466 g/mol. The van der Waals surface area contributed by atoms with Crippen LogP contribution in [0.25, 0.3) is 0 Å². The number of rotatable bonds is 3. The highest BCUT2D eigenvalue weighted by atomic mass is 19.1. The summed E-state index contributed by atoms with van der Waals surface area (Å²) in [5.41, 5.74) is -1.64. The van der Waals surface area contributed by atoms with E-state index in [1.807, 2.05) is 0 Å². The van der Waals surface area contributed by atoms with E-state index in [1.54, 1.807) is 53.7 Å². The molecule has 0 saturated carbocycles. The Balaban J connectivity index is 0.000000335. The van der Waals surface area contributed by atoms with Crippen molar-refractivity contribution >= 4 is 36.1 Å². The summed E-state index contributed by atoms with van der Waals surface area (Å²) in [6.45, 7) is 10.2. The smallest absolute Gasteiger partial charge is 0.444 e. The third-order valence-corrected chi connectivity index (χ3v) is 3.46. The van der Waals surface area contributed by atoms with Gasteiger partial charge >= 0.3 is 19.3 Å². The molecule has 0 aliphatic carbocycles. The summed E-state index contributed by atoms with van der Waals surface area (Å²) in [6, 6.07) is 9.63. The first-order valence-corrected chi connectivity index (χ1v) is 9.98. The van der Waals surface area contributed by atoms with Gasteiger partial charge in [-0.1, -0.05) is 24.3 Å². The van der Waals surface area contributed by atoms with E-state index >= 15 is 0 Å². The predicted octanol–water partition coefficient (Wildman–Crippen LogP) is 4.03. The third kappa shape index (κ3) is 10.8. The molecule has 180 valence electrons. The van der Waals surface area contributed by atoms with Crippen LogP contribution in [0.2, 0.25) is 0 Å². The molecule has 2 rings (SSSR count). The number of ether oxygens (including phenoxy) is 2. The minimum atomic E-state index is -1.88. The molecular formula is C22H29BF2N2O6. The molecule has 0 spiro atoms. The van der Waals surface area contributed by atoms with Crippen LogP contribution in [-0.4, -0.2) is 40.6 Å². The van der Waals surface area contributed by atoms with E-state index in [9.17, 15) is 18.4 Å². The average Bonchev–Trinajstić information content (AvgIpc) is 2.62. The van der Waals surface area contributed by atoms with Crippen LogP contribution in [0.15, 0.2) is 42.5 Å². The summed E-state index contributed by atoms with van der Waals surface area (Å²) in [7, 11) is -1.88. The Hall–Kier alpha value is -3.18. The maximum atomic E-state index is 13.5. The van der Waals surface area contributed by atoms with Gasteiger partial charge in [0.1, 0.15) is 22.8 Å². The summed E-state index contributed by atoms with van der Waals surface area (Å²) in [6.07, 6.45) is -1.53. The summed E-state index contributed by atoms with van der Waals surface area (Å²) in [5, 5.41) is 22.6. The van der Waals surface area contributed by atoms with Crippen LogP contribution >= 0.6 is 0 Å². The maximum Gasteiger partial charge on any atom is 0.490 e. The molecule has 0 heterocycles. The largest absolute Gasteiger partial charge is 0.490 e. The summed E-state index contributed by atoms with van der Waals surface area (Å²) >= 11 is 0. The maximum absolute atomic E-state index is 13.5. The minimum Gasteiger partial charge on any atom is -0.444 e. The summed E-state index contributed by atoms with van der Waals surface area (Å²) in [4.78, 5) is 22.8. The van der Waals surface area contributed by atoms with Gasteiger partial charge in [0, 0.05) is 5.46 Å². The highest BCUT2D eigenvalue weighted by molar-refractivity contribution is 6.60. The van der Waals surface area contributed by atoms with E-state index in [0.717, 1.165) is 6.07 Å². The topological polar surface area (TPSA) is 117 Å². The number of hydrogen-bond donors (Lipinski definition) is 4. The molecular weight excluding hydrogens is 437 g/mol. The number of hydrogen-bond acceptors (Lipinski definition) is 6. The quantitative estimate of drug-likeness (QED) is 0.508. The fraction of sp³-hybridized carbons (Fsp3) is 0.364. The van der Waals surface area contributed by atoms with Crippen molar-refractivity contribution in [3.8, 4) is 0 Å². The third-order valence-electron chi connectivity index (χ3n) is 3.46. The highest BCUT2D eigenvalue weighted by Gasteiger charge is 2.23. The van der Waals surface area contributed by atoms with Crippen LogP contribution in [0, 0.1) is 11.6 Å². The van der Waals surface area contributed by atoms with E-state index < -0.39 is 42.1 Å². The van der Waals surface area contributed by atoms with Gasteiger partial charge in [-0.05, 0) is 59.7 Å². The number of carbonyl (C=O) groups excluding carboxylic acids is 2. The van der Waals surface area contributed by atoms with Gasteiger partial charge in [0.05, 0.1) is 11.4 Å². The van der Waals surface area contributed by atoms with Crippen LogP contribution in [0.3, 0.4) is 0 Å². The number of benzene rings is 2. The van der Waals surface area contributed by atoms with E-state index in [-0.39, 0.29) is 16.8 Å². The van der Waals surface area contributed by atoms with Crippen molar-refractivity contribution in [2.24, 2.45) is 0 Å². The molecule has 0 aromatic heterocycles. The van der Waals surface area contributed by atoms with Crippen molar-refractivity contribution < 1.29 is 37.9 Å². The van der Waals surface area contributed by atoms with Crippen LogP contribution < -0.4 is 16.1 Å². The minimum absolute atomic E-state index is 0.117. The molecule has 11 heteroatoms. The summed E-state index contributed by atoms with van der Waals surface area (Å²) < 4.78 is 36.6. The molecule has 0 fully saturated rings. The van der Waals surface area contributed by atoms with Gasteiger partial charge in [-0.2, -0.15) is 0 Å².